The lowest BCUT2D eigenvalue weighted by atomic mass is 9.71. The van der Waals surface area contributed by atoms with Gasteiger partial charge in [0.1, 0.15) is 17.8 Å². The zero-order chi connectivity index (χ0) is 17.9. The highest BCUT2D eigenvalue weighted by Crippen LogP contribution is 2.40. The molecule has 2 aliphatic rings. The van der Waals surface area contributed by atoms with Crippen molar-refractivity contribution < 1.29 is 19.1 Å². The van der Waals surface area contributed by atoms with Gasteiger partial charge in [-0.2, -0.15) is 0 Å². The fraction of sp³-hybridized carbons (Fsp3) is 0.600. The van der Waals surface area contributed by atoms with Crippen molar-refractivity contribution in [3.63, 3.8) is 0 Å². The van der Waals surface area contributed by atoms with Crippen LogP contribution in [-0.4, -0.2) is 18.0 Å². The molecule has 132 valence electrons. The quantitative estimate of drug-likeness (QED) is 0.568. The van der Waals surface area contributed by atoms with Gasteiger partial charge < -0.3 is 9.47 Å². The van der Waals surface area contributed by atoms with Crippen LogP contribution in [0.25, 0.3) is 0 Å². The van der Waals surface area contributed by atoms with Gasteiger partial charge in [-0.1, -0.05) is 39.5 Å². The van der Waals surface area contributed by atoms with E-state index in [1.807, 2.05) is 6.08 Å². The van der Waals surface area contributed by atoms with E-state index in [1.54, 1.807) is 19.1 Å². The molecule has 0 aromatic rings. The smallest absolute Gasteiger partial charge is 0.338 e. The molecule has 2 aliphatic carbocycles. The highest BCUT2D eigenvalue weighted by atomic mass is 16.6. The summed E-state index contributed by atoms with van der Waals surface area (Å²) in [5.41, 5.74) is 0.487. The molecule has 4 nitrogen and oxygen atoms in total. The predicted octanol–water partition coefficient (Wildman–Crippen LogP) is 4.32. The Morgan fingerprint density at radius 1 is 1.29 bits per heavy atom. The fourth-order valence-electron chi connectivity index (χ4n) is 3.72. The molecule has 0 saturated heterocycles. The van der Waals surface area contributed by atoms with Crippen LogP contribution in [0.15, 0.2) is 36.1 Å². The summed E-state index contributed by atoms with van der Waals surface area (Å²) in [5.74, 6) is -0.497. The number of carbonyl (C=O) groups excluding carboxylic acids is 2. The molecule has 24 heavy (non-hydrogen) atoms. The maximum absolute atomic E-state index is 12.6. The van der Waals surface area contributed by atoms with Crippen molar-refractivity contribution in [2.24, 2.45) is 17.3 Å². The Balaban J connectivity index is 2.02. The van der Waals surface area contributed by atoms with Gasteiger partial charge >= 0.3 is 11.9 Å². The lowest BCUT2D eigenvalue weighted by Crippen LogP contribution is -2.36. The van der Waals surface area contributed by atoms with Crippen LogP contribution in [0.2, 0.25) is 0 Å². The van der Waals surface area contributed by atoms with Gasteiger partial charge in [-0.15, -0.1) is 0 Å². The Morgan fingerprint density at radius 2 is 2.00 bits per heavy atom. The van der Waals surface area contributed by atoms with Crippen LogP contribution in [0.4, 0.5) is 0 Å². The Hall–Kier alpha value is -1.84. The van der Waals surface area contributed by atoms with Crippen LogP contribution >= 0.6 is 0 Å². The number of rotatable bonds is 4. The zero-order valence-corrected chi connectivity index (χ0v) is 15.1. The van der Waals surface area contributed by atoms with Crippen LogP contribution in [0, 0.1) is 17.3 Å². The van der Waals surface area contributed by atoms with E-state index in [0.717, 1.165) is 19.3 Å². The van der Waals surface area contributed by atoms with Crippen molar-refractivity contribution >= 4 is 11.9 Å². The van der Waals surface area contributed by atoms with Crippen molar-refractivity contribution in [2.75, 3.05) is 0 Å². The molecule has 3 unspecified atom stereocenters. The molecule has 2 rings (SSSR count). The van der Waals surface area contributed by atoms with Crippen LogP contribution in [0.3, 0.4) is 0 Å². The molecule has 0 aromatic heterocycles. The Labute approximate surface area is 144 Å². The second kappa shape index (κ2) is 7.37. The summed E-state index contributed by atoms with van der Waals surface area (Å²) >= 11 is 0. The molecule has 4 heteroatoms. The minimum atomic E-state index is -0.557. The van der Waals surface area contributed by atoms with Gasteiger partial charge in [-0.3, -0.25) is 4.79 Å². The van der Waals surface area contributed by atoms with Gasteiger partial charge in [-0.25, -0.2) is 4.79 Å². The molecule has 0 radical (unpaired) electrons. The average Bonchev–Trinajstić information content (AvgIpc) is 2.45. The van der Waals surface area contributed by atoms with Crippen molar-refractivity contribution in [1.82, 2.24) is 0 Å². The molecule has 0 heterocycles. The van der Waals surface area contributed by atoms with Crippen molar-refractivity contribution in [3.8, 4) is 0 Å². The number of ether oxygens (including phenoxy) is 2. The fourth-order valence-corrected chi connectivity index (χ4v) is 3.72. The summed E-state index contributed by atoms with van der Waals surface area (Å²) in [6, 6.07) is 0. The second-order valence-electron chi connectivity index (χ2n) is 7.93. The molecule has 0 spiro atoms. The average molecular weight is 332 g/mol. The van der Waals surface area contributed by atoms with Gasteiger partial charge in [0.05, 0.1) is 0 Å². The number of hydrogen-bond donors (Lipinski definition) is 0. The lowest BCUT2D eigenvalue weighted by molar-refractivity contribution is -0.158. The molecular weight excluding hydrogens is 304 g/mol. The van der Waals surface area contributed by atoms with Gasteiger partial charge in [0.15, 0.2) is 0 Å². The number of esters is 2. The van der Waals surface area contributed by atoms with E-state index in [-0.39, 0.29) is 17.5 Å². The standard InChI is InChI=1S/C20H28O4/c1-13(2)18(21)24-17-9-7-6-8-16(17)19(22)23-15-10-14(3)11-20(4,5)12-15/h6-7,9,14-16H,1,8,10-12H2,2-5H3. The molecule has 0 N–H and O–H groups in total. The van der Waals surface area contributed by atoms with E-state index in [4.69, 9.17) is 9.47 Å². The number of carbonyl (C=O) groups is 2. The third-order valence-electron chi connectivity index (χ3n) is 4.58. The molecular formula is C20H28O4. The van der Waals surface area contributed by atoms with E-state index >= 15 is 0 Å². The SMILES string of the molecule is C=C(C)C(=O)OC1=CC=CCC1C(=O)OC1CC(C)CC(C)(C)C1. The topological polar surface area (TPSA) is 52.6 Å². The first-order valence-corrected chi connectivity index (χ1v) is 8.63. The number of hydrogen-bond acceptors (Lipinski definition) is 4. The molecule has 1 fully saturated rings. The summed E-state index contributed by atoms with van der Waals surface area (Å²) in [4.78, 5) is 24.4. The molecule has 0 amide bonds. The third-order valence-corrected chi connectivity index (χ3v) is 4.58. The monoisotopic (exact) mass is 332 g/mol. The normalized spacial score (nSPS) is 28.7. The van der Waals surface area contributed by atoms with E-state index in [0.29, 0.717) is 23.7 Å². The van der Waals surface area contributed by atoms with Gasteiger partial charge in [0.2, 0.25) is 0 Å². The summed E-state index contributed by atoms with van der Waals surface area (Å²) < 4.78 is 11.1. The van der Waals surface area contributed by atoms with Crippen molar-refractivity contribution in [3.05, 3.63) is 36.1 Å². The summed E-state index contributed by atoms with van der Waals surface area (Å²) in [5, 5.41) is 0. The highest BCUT2D eigenvalue weighted by Gasteiger charge is 2.36. The third kappa shape index (κ3) is 4.83. The van der Waals surface area contributed by atoms with E-state index in [9.17, 15) is 9.59 Å². The van der Waals surface area contributed by atoms with Crippen LogP contribution < -0.4 is 0 Å². The van der Waals surface area contributed by atoms with Gasteiger partial charge in [-0.05, 0) is 50.0 Å². The Bertz CT molecular complexity index is 582. The molecule has 1 saturated carbocycles. The maximum atomic E-state index is 12.6. The minimum absolute atomic E-state index is 0.0692. The van der Waals surface area contributed by atoms with Crippen LogP contribution in [0.1, 0.15) is 53.4 Å². The Morgan fingerprint density at radius 3 is 2.62 bits per heavy atom. The van der Waals surface area contributed by atoms with Crippen molar-refractivity contribution in [1.29, 1.82) is 0 Å². The van der Waals surface area contributed by atoms with E-state index in [2.05, 4.69) is 27.4 Å². The predicted molar refractivity (Wildman–Crippen MR) is 92.9 cm³/mol. The van der Waals surface area contributed by atoms with Gasteiger partial charge in [0.25, 0.3) is 0 Å². The first kappa shape index (κ1) is 18.5. The molecule has 0 aliphatic heterocycles. The number of allylic oxidation sites excluding steroid dienone is 3. The first-order chi connectivity index (χ1) is 11.2. The zero-order valence-electron chi connectivity index (χ0n) is 15.1. The van der Waals surface area contributed by atoms with Crippen LogP contribution in [-0.2, 0) is 19.1 Å². The lowest BCUT2D eigenvalue weighted by Gasteiger charge is -2.38. The molecule has 0 bridgehead atoms. The second-order valence-corrected chi connectivity index (χ2v) is 7.93. The van der Waals surface area contributed by atoms with E-state index in [1.165, 1.54) is 0 Å². The van der Waals surface area contributed by atoms with Gasteiger partial charge in [0, 0.05) is 5.57 Å². The largest absolute Gasteiger partial charge is 0.462 e. The summed E-state index contributed by atoms with van der Waals surface area (Å²) in [7, 11) is 0. The maximum Gasteiger partial charge on any atom is 0.338 e. The van der Waals surface area contributed by atoms with Crippen molar-refractivity contribution in [2.45, 2.75) is 59.5 Å². The van der Waals surface area contributed by atoms with E-state index < -0.39 is 11.9 Å². The first-order valence-electron chi connectivity index (χ1n) is 8.63. The summed E-state index contributed by atoms with van der Waals surface area (Å²) in [6.07, 6.45) is 8.66. The molecule has 3 atom stereocenters. The minimum Gasteiger partial charge on any atom is -0.462 e. The highest BCUT2D eigenvalue weighted by molar-refractivity contribution is 5.88. The summed E-state index contributed by atoms with van der Waals surface area (Å²) in [6.45, 7) is 11.8. The Kier molecular flexibility index (Phi) is 5.68. The molecule has 0 aromatic carbocycles. The van der Waals surface area contributed by atoms with Crippen LogP contribution in [0.5, 0.6) is 0 Å².